The maximum absolute atomic E-state index is 11.5. The summed E-state index contributed by atoms with van der Waals surface area (Å²) < 4.78 is 5.43. The van der Waals surface area contributed by atoms with E-state index in [0.29, 0.717) is 18.8 Å². The Balaban J connectivity index is 2.31. The summed E-state index contributed by atoms with van der Waals surface area (Å²) in [4.78, 5) is 11.5. The van der Waals surface area contributed by atoms with Gasteiger partial charge in [-0.3, -0.25) is 4.79 Å². The van der Waals surface area contributed by atoms with Gasteiger partial charge in [0.15, 0.2) is 5.78 Å². The summed E-state index contributed by atoms with van der Waals surface area (Å²) in [6.45, 7) is 8.29. The van der Waals surface area contributed by atoms with Crippen LogP contribution in [0.5, 0.6) is 0 Å². The molecule has 0 unspecified atom stereocenters. The Bertz CT molecular complexity index is 352. The van der Waals surface area contributed by atoms with Crippen LogP contribution < -0.4 is 0 Å². The molecule has 0 atom stereocenters. The summed E-state index contributed by atoms with van der Waals surface area (Å²) >= 11 is 0. The van der Waals surface area contributed by atoms with Gasteiger partial charge < -0.3 is 4.74 Å². The van der Waals surface area contributed by atoms with E-state index < -0.39 is 0 Å². The Morgan fingerprint density at radius 2 is 1.94 bits per heavy atom. The third-order valence-electron chi connectivity index (χ3n) is 2.26. The molecular formula is C14H18O2. The van der Waals surface area contributed by atoms with E-state index in [1.807, 2.05) is 44.2 Å². The number of carbonyl (C=O) groups is 1. The number of Topliss-reactive ketones (excluding diaryl/α,β-unsaturated/α-hetero) is 1. The third-order valence-corrected chi connectivity index (χ3v) is 2.26. The van der Waals surface area contributed by atoms with E-state index >= 15 is 0 Å². The molecule has 0 aliphatic rings. The van der Waals surface area contributed by atoms with Gasteiger partial charge in [-0.25, -0.2) is 0 Å². The Kier molecular flexibility index (Phi) is 4.93. The Hall–Kier alpha value is -1.41. The van der Waals surface area contributed by atoms with Crippen LogP contribution in [0.4, 0.5) is 0 Å². The van der Waals surface area contributed by atoms with Crippen LogP contribution in [0.2, 0.25) is 0 Å². The van der Waals surface area contributed by atoms with Crippen LogP contribution in [0.3, 0.4) is 0 Å². The van der Waals surface area contributed by atoms with Gasteiger partial charge in [-0.05, 0) is 5.56 Å². The maximum Gasteiger partial charge on any atom is 0.163 e. The van der Waals surface area contributed by atoms with Crippen molar-refractivity contribution in [1.82, 2.24) is 0 Å². The van der Waals surface area contributed by atoms with Crippen molar-refractivity contribution in [3.63, 3.8) is 0 Å². The van der Waals surface area contributed by atoms with E-state index in [2.05, 4.69) is 6.58 Å². The van der Waals surface area contributed by atoms with E-state index in [1.54, 1.807) is 0 Å². The maximum atomic E-state index is 11.5. The second-order valence-electron chi connectivity index (χ2n) is 4.10. The van der Waals surface area contributed by atoms with Gasteiger partial charge in [-0.2, -0.15) is 0 Å². The molecule has 86 valence electrons. The van der Waals surface area contributed by atoms with E-state index in [1.165, 1.54) is 0 Å². The average molecular weight is 218 g/mol. The van der Waals surface area contributed by atoms with Crippen molar-refractivity contribution < 1.29 is 9.53 Å². The van der Waals surface area contributed by atoms with Crippen molar-refractivity contribution in [3.05, 3.63) is 48.0 Å². The lowest BCUT2D eigenvalue weighted by Gasteiger charge is -2.08. The minimum Gasteiger partial charge on any atom is -0.372 e. The largest absolute Gasteiger partial charge is 0.372 e. The fraction of sp³-hybridized carbons (Fsp3) is 0.357. The lowest BCUT2D eigenvalue weighted by molar-refractivity contribution is -0.118. The zero-order chi connectivity index (χ0) is 12.0. The molecule has 0 radical (unpaired) electrons. The van der Waals surface area contributed by atoms with Crippen LogP contribution in [0.1, 0.15) is 19.4 Å². The molecular weight excluding hydrogens is 200 g/mol. The quantitative estimate of drug-likeness (QED) is 0.686. The molecule has 0 bridgehead atoms. The fourth-order valence-electron chi connectivity index (χ4n) is 1.35. The summed E-state index contributed by atoms with van der Waals surface area (Å²) in [6.07, 6.45) is 0. The first-order chi connectivity index (χ1) is 7.61. The van der Waals surface area contributed by atoms with E-state index in [0.717, 1.165) is 5.56 Å². The summed E-state index contributed by atoms with van der Waals surface area (Å²) in [5.74, 6) is 0.0703. The number of hydrogen-bond donors (Lipinski definition) is 0. The first-order valence-electron chi connectivity index (χ1n) is 5.45. The predicted octanol–water partition coefficient (Wildman–Crippen LogP) is 2.98. The first kappa shape index (κ1) is 12.7. The molecule has 1 rings (SSSR count). The monoisotopic (exact) mass is 218 g/mol. The van der Waals surface area contributed by atoms with Crippen LogP contribution in [-0.2, 0) is 16.1 Å². The second kappa shape index (κ2) is 6.23. The normalized spacial score (nSPS) is 10.4. The molecule has 0 heterocycles. The molecule has 0 saturated heterocycles. The SMILES string of the molecule is C=C(COCc1ccccc1)C(=O)C(C)C. The smallest absolute Gasteiger partial charge is 0.163 e. The molecule has 0 aromatic heterocycles. The van der Waals surface area contributed by atoms with Crippen molar-refractivity contribution in [3.8, 4) is 0 Å². The summed E-state index contributed by atoms with van der Waals surface area (Å²) in [7, 11) is 0. The van der Waals surface area contributed by atoms with Gasteiger partial charge in [0, 0.05) is 11.5 Å². The summed E-state index contributed by atoms with van der Waals surface area (Å²) in [6, 6.07) is 9.88. The highest BCUT2D eigenvalue weighted by Crippen LogP contribution is 2.06. The van der Waals surface area contributed by atoms with Gasteiger partial charge in [-0.15, -0.1) is 0 Å². The average Bonchev–Trinajstić information content (AvgIpc) is 2.29. The van der Waals surface area contributed by atoms with Crippen LogP contribution in [0, 0.1) is 5.92 Å². The van der Waals surface area contributed by atoms with Crippen LogP contribution in [-0.4, -0.2) is 12.4 Å². The minimum absolute atomic E-state index is 0.00664. The first-order valence-corrected chi connectivity index (χ1v) is 5.45. The molecule has 0 fully saturated rings. The standard InChI is InChI=1S/C14H18O2/c1-11(2)14(15)12(3)9-16-10-13-7-5-4-6-8-13/h4-8,11H,3,9-10H2,1-2H3. The van der Waals surface area contributed by atoms with Crippen molar-refractivity contribution >= 4 is 5.78 Å². The van der Waals surface area contributed by atoms with Crippen LogP contribution in [0.25, 0.3) is 0 Å². The molecule has 2 nitrogen and oxygen atoms in total. The molecule has 1 aromatic carbocycles. The molecule has 0 aliphatic carbocycles. The Morgan fingerprint density at radius 3 is 2.50 bits per heavy atom. The van der Waals surface area contributed by atoms with Crippen molar-refractivity contribution in [2.45, 2.75) is 20.5 Å². The minimum atomic E-state index is -0.00664. The number of ketones is 1. The van der Waals surface area contributed by atoms with Crippen LogP contribution in [0.15, 0.2) is 42.5 Å². The highest BCUT2D eigenvalue weighted by atomic mass is 16.5. The number of rotatable bonds is 6. The zero-order valence-electron chi connectivity index (χ0n) is 9.90. The highest BCUT2D eigenvalue weighted by Gasteiger charge is 2.11. The van der Waals surface area contributed by atoms with Crippen molar-refractivity contribution in [1.29, 1.82) is 0 Å². The lowest BCUT2D eigenvalue weighted by atomic mass is 10.0. The topological polar surface area (TPSA) is 26.3 Å². The van der Waals surface area contributed by atoms with Gasteiger partial charge in [0.25, 0.3) is 0 Å². The number of carbonyl (C=O) groups excluding carboxylic acids is 1. The number of hydrogen-bond acceptors (Lipinski definition) is 2. The highest BCUT2D eigenvalue weighted by molar-refractivity contribution is 5.96. The molecule has 0 aliphatic heterocycles. The molecule has 2 heteroatoms. The molecule has 16 heavy (non-hydrogen) atoms. The number of benzene rings is 1. The third kappa shape index (κ3) is 3.99. The van der Waals surface area contributed by atoms with Gasteiger partial charge >= 0.3 is 0 Å². The zero-order valence-corrected chi connectivity index (χ0v) is 9.90. The molecule has 0 amide bonds. The number of ether oxygens (including phenoxy) is 1. The molecule has 0 spiro atoms. The van der Waals surface area contributed by atoms with E-state index in [4.69, 9.17) is 4.74 Å². The lowest BCUT2D eigenvalue weighted by Crippen LogP contribution is -2.13. The van der Waals surface area contributed by atoms with Crippen LogP contribution >= 0.6 is 0 Å². The van der Waals surface area contributed by atoms with Gasteiger partial charge in [-0.1, -0.05) is 50.8 Å². The Labute approximate surface area is 96.9 Å². The molecule has 0 N–H and O–H groups in total. The van der Waals surface area contributed by atoms with E-state index in [9.17, 15) is 4.79 Å². The fourth-order valence-corrected chi connectivity index (χ4v) is 1.35. The van der Waals surface area contributed by atoms with Gasteiger partial charge in [0.05, 0.1) is 13.2 Å². The van der Waals surface area contributed by atoms with Gasteiger partial charge in [0.1, 0.15) is 0 Å². The van der Waals surface area contributed by atoms with Crippen molar-refractivity contribution in [2.24, 2.45) is 5.92 Å². The van der Waals surface area contributed by atoms with Crippen molar-refractivity contribution in [2.75, 3.05) is 6.61 Å². The second-order valence-corrected chi connectivity index (χ2v) is 4.10. The predicted molar refractivity (Wildman–Crippen MR) is 65.1 cm³/mol. The Morgan fingerprint density at radius 1 is 1.31 bits per heavy atom. The molecule has 1 aromatic rings. The summed E-state index contributed by atoms with van der Waals surface area (Å²) in [5.41, 5.74) is 1.65. The molecule has 0 saturated carbocycles. The summed E-state index contributed by atoms with van der Waals surface area (Å²) in [5, 5.41) is 0. The van der Waals surface area contributed by atoms with Gasteiger partial charge in [0.2, 0.25) is 0 Å². The van der Waals surface area contributed by atoms with E-state index in [-0.39, 0.29) is 11.7 Å².